The van der Waals surface area contributed by atoms with Gasteiger partial charge in [-0.1, -0.05) is 30.3 Å². The van der Waals surface area contributed by atoms with E-state index in [1.165, 1.54) is 18.7 Å². The van der Waals surface area contributed by atoms with Crippen LogP contribution in [0, 0.1) is 0 Å². The highest BCUT2D eigenvalue weighted by atomic mass is 15.3. The molecule has 1 fully saturated rings. The van der Waals surface area contributed by atoms with Crippen molar-refractivity contribution < 1.29 is 0 Å². The van der Waals surface area contributed by atoms with Crippen molar-refractivity contribution in [3.8, 4) is 0 Å². The van der Waals surface area contributed by atoms with E-state index in [4.69, 9.17) is 5.73 Å². The SMILES string of the molecule is NCCCN1CCN(CNCc2ccccc2)CC1. The topological polar surface area (TPSA) is 44.5 Å². The molecule has 0 spiro atoms. The lowest BCUT2D eigenvalue weighted by Crippen LogP contribution is -2.49. The van der Waals surface area contributed by atoms with Crippen molar-refractivity contribution >= 4 is 0 Å². The smallest absolute Gasteiger partial charge is 0.0484 e. The lowest BCUT2D eigenvalue weighted by molar-refractivity contribution is 0.124. The first-order valence-corrected chi connectivity index (χ1v) is 7.28. The molecule has 1 saturated heterocycles. The molecular formula is C15H26N4. The minimum absolute atomic E-state index is 0.804. The number of rotatable bonds is 7. The largest absolute Gasteiger partial charge is 0.330 e. The van der Waals surface area contributed by atoms with E-state index in [9.17, 15) is 0 Å². The maximum Gasteiger partial charge on any atom is 0.0484 e. The molecule has 0 radical (unpaired) electrons. The van der Waals surface area contributed by atoms with Crippen LogP contribution in [0.5, 0.6) is 0 Å². The number of benzene rings is 1. The second-order valence-corrected chi connectivity index (χ2v) is 5.17. The van der Waals surface area contributed by atoms with Gasteiger partial charge in [-0.15, -0.1) is 0 Å². The zero-order valence-corrected chi connectivity index (χ0v) is 11.7. The van der Waals surface area contributed by atoms with Crippen LogP contribution < -0.4 is 11.1 Å². The lowest BCUT2D eigenvalue weighted by atomic mass is 10.2. The van der Waals surface area contributed by atoms with E-state index in [-0.39, 0.29) is 0 Å². The molecule has 0 amide bonds. The van der Waals surface area contributed by atoms with Crippen LogP contribution in [0.3, 0.4) is 0 Å². The van der Waals surface area contributed by atoms with E-state index in [1.807, 2.05) is 0 Å². The third-order valence-corrected chi connectivity index (χ3v) is 3.65. The minimum Gasteiger partial charge on any atom is -0.330 e. The molecule has 2 rings (SSSR count). The van der Waals surface area contributed by atoms with Crippen LogP contribution in [0.2, 0.25) is 0 Å². The molecule has 0 aliphatic carbocycles. The Labute approximate surface area is 116 Å². The van der Waals surface area contributed by atoms with Gasteiger partial charge in [-0.25, -0.2) is 0 Å². The molecule has 3 N–H and O–H groups in total. The van der Waals surface area contributed by atoms with Gasteiger partial charge in [0.2, 0.25) is 0 Å². The minimum atomic E-state index is 0.804. The molecule has 0 saturated carbocycles. The fourth-order valence-corrected chi connectivity index (χ4v) is 2.44. The molecule has 19 heavy (non-hydrogen) atoms. The van der Waals surface area contributed by atoms with Crippen molar-refractivity contribution in [3.05, 3.63) is 35.9 Å². The van der Waals surface area contributed by atoms with Crippen LogP contribution in [-0.4, -0.2) is 55.7 Å². The quantitative estimate of drug-likeness (QED) is 0.759. The summed E-state index contributed by atoms with van der Waals surface area (Å²) in [6.07, 6.45) is 1.12. The number of nitrogens with two attached hydrogens (primary N) is 1. The van der Waals surface area contributed by atoms with Crippen molar-refractivity contribution in [2.24, 2.45) is 5.73 Å². The van der Waals surface area contributed by atoms with Gasteiger partial charge in [-0.2, -0.15) is 0 Å². The maximum atomic E-state index is 5.55. The highest BCUT2D eigenvalue weighted by Gasteiger charge is 2.15. The first-order valence-electron chi connectivity index (χ1n) is 7.28. The Balaban J connectivity index is 1.58. The van der Waals surface area contributed by atoms with Crippen molar-refractivity contribution in [3.63, 3.8) is 0 Å². The monoisotopic (exact) mass is 262 g/mol. The maximum absolute atomic E-state index is 5.55. The van der Waals surface area contributed by atoms with Gasteiger partial charge in [0.05, 0.1) is 0 Å². The number of nitrogens with zero attached hydrogens (tertiary/aromatic N) is 2. The molecule has 1 heterocycles. The molecule has 0 bridgehead atoms. The molecule has 0 atom stereocenters. The molecule has 1 aromatic rings. The molecular weight excluding hydrogens is 236 g/mol. The first-order chi connectivity index (χ1) is 9.38. The Kier molecular flexibility index (Phi) is 6.30. The van der Waals surface area contributed by atoms with Gasteiger partial charge in [-0.05, 0) is 25.1 Å². The van der Waals surface area contributed by atoms with Gasteiger partial charge < -0.3 is 16.0 Å². The van der Waals surface area contributed by atoms with Crippen LogP contribution in [0.25, 0.3) is 0 Å². The third kappa shape index (κ3) is 5.28. The average molecular weight is 262 g/mol. The van der Waals surface area contributed by atoms with Crippen molar-refractivity contribution in [2.75, 3.05) is 45.9 Å². The lowest BCUT2D eigenvalue weighted by Gasteiger charge is -2.34. The zero-order chi connectivity index (χ0) is 13.3. The summed E-state index contributed by atoms with van der Waals surface area (Å²) < 4.78 is 0. The average Bonchev–Trinajstić information content (AvgIpc) is 2.47. The van der Waals surface area contributed by atoms with Crippen LogP contribution in [0.1, 0.15) is 12.0 Å². The second kappa shape index (κ2) is 8.27. The summed E-state index contributed by atoms with van der Waals surface area (Å²) in [7, 11) is 0. The summed E-state index contributed by atoms with van der Waals surface area (Å²) in [6.45, 7) is 8.56. The van der Waals surface area contributed by atoms with E-state index in [2.05, 4.69) is 45.4 Å². The Morgan fingerprint density at radius 1 is 1.00 bits per heavy atom. The molecule has 4 nitrogen and oxygen atoms in total. The molecule has 1 aromatic carbocycles. The fourth-order valence-electron chi connectivity index (χ4n) is 2.44. The van der Waals surface area contributed by atoms with Gasteiger partial charge in [-0.3, -0.25) is 4.90 Å². The van der Waals surface area contributed by atoms with E-state index in [1.54, 1.807) is 0 Å². The molecule has 1 aliphatic rings. The van der Waals surface area contributed by atoms with Crippen LogP contribution in [0.4, 0.5) is 0 Å². The third-order valence-electron chi connectivity index (χ3n) is 3.65. The highest BCUT2D eigenvalue weighted by Crippen LogP contribution is 2.02. The summed E-state index contributed by atoms with van der Waals surface area (Å²) in [5.74, 6) is 0. The van der Waals surface area contributed by atoms with E-state index >= 15 is 0 Å². The van der Waals surface area contributed by atoms with Crippen LogP contribution >= 0.6 is 0 Å². The zero-order valence-electron chi connectivity index (χ0n) is 11.7. The molecule has 106 valence electrons. The fraction of sp³-hybridized carbons (Fsp3) is 0.600. The van der Waals surface area contributed by atoms with Gasteiger partial charge in [0.15, 0.2) is 0 Å². The summed E-state index contributed by atoms with van der Waals surface area (Å²) in [5, 5.41) is 3.52. The predicted octanol–water partition coefficient (Wildman–Crippen LogP) is 0.700. The van der Waals surface area contributed by atoms with Crippen molar-refractivity contribution in [1.29, 1.82) is 0 Å². The van der Waals surface area contributed by atoms with E-state index in [0.717, 1.165) is 45.8 Å². The van der Waals surface area contributed by atoms with Crippen LogP contribution in [-0.2, 0) is 6.54 Å². The highest BCUT2D eigenvalue weighted by molar-refractivity contribution is 5.14. The molecule has 0 aromatic heterocycles. The number of hydrogen-bond donors (Lipinski definition) is 2. The molecule has 4 heteroatoms. The van der Waals surface area contributed by atoms with Gasteiger partial charge in [0.1, 0.15) is 0 Å². The second-order valence-electron chi connectivity index (χ2n) is 5.17. The van der Waals surface area contributed by atoms with Crippen LogP contribution in [0.15, 0.2) is 30.3 Å². The van der Waals surface area contributed by atoms with E-state index < -0.39 is 0 Å². The summed E-state index contributed by atoms with van der Waals surface area (Å²) in [5.41, 5.74) is 6.90. The van der Waals surface area contributed by atoms with Gasteiger partial charge in [0.25, 0.3) is 0 Å². The molecule has 1 aliphatic heterocycles. The normalized spacial score (nSPS) is 17.7. The Morgan fingerprint density at radius 3 is 2.37 bits per heavy atom. The van der Waals surface area contributed by atoms with Crippen molar-refractivity contribution in [1.82, 2.24) is 15.1 Å². The Morgan fingerprint density at radius 2 is 1.68 bits per heavy atom. The Bertz CT molecular complexity index is 333. The summed E-state index contributed by atoms with van der Waals surface area (Å²) in [4.78, 5) is 5.00. The van der Waals surface area contributed by atoms with Gasteiger partial charge >= 0.3 is 0 Å². The van der Waals surface area contributed by atoms with Crippen molar-refractivity contribution in [2.45, 2.75) is 13.0 Å². The number of hydrogen-bond acceptors (Lipinski definition) is 4. The standard InChI is InChI=1S/C15H26N4/c16-7-4-8-18-9-11-19(12-10-18)14-17-13-15-5-2-1-3-6-15/h1-3,5-6,17H,4,7-14,16H2. The number of piperazine rings is 1. The summed E-state index contributed by atoms with van der Waals surface area (Å²) >= 11 is 0. The summed E-state index contributed by atoms with van der Waals surface area (Å²) in [6, 6.07) is 10.6. The van der Waals surface area contributed by atoms with Gasteiger partial charge in [0, 0.05) is 39.4 Å². The predicted molar refractivity (Wildman–Crippen MR) is 79.8 cm³/mol. The molecule has 0 unspecified atom stereocenters. The number of nitrogens with one attached hydrogen (secondary N) is 1. The van der Waals surface area contributed by atoms with E-state index in [0.29, 0.717) is 0 Å². The Hall–Kier alpha value is -0.940. The first kappa shape index (κ1) is 14.5.